The standard InChI is InChI=1S/C17H17ClF3N3O/c1-24(9-6-12-4-7-22-8-5-12)11-16(25)23-13-2-3-15(18)14(10-13)17(19,20)21/h2-5,7-8,10H,6,9,11H2,1H3,(H,23,25). The van der Waals surface area contributed by atoms with Gasteiger partial charge in [-0.2, -0.15) is 13.2 Å². The molecule has 8 heteroatoms. The zero-order chi connectivity index (χ0) is 18.4. The van der Waals surface area contributed by atoms with Gasteiger partial charge in [0.15, 0.2) is 0 Å². The molecule has 0 saturated carbocycles. The Labute approximate surface area is 148 Å². The van der Waals surface area contributed by atoms with Gasteiger partial charge in [0, 0.05) is 24.6 Å². The SMILES string of the molecule is CN(CCc1ccncc1)CC(=O)Nc1ccc(Cl)c(C(F)(F)F)c1. The number of pyridine rings is 1. The van der Waals surface area contributed by atoms with Gasteiger partial charge in [-0.25, -0.2) is 0 Å². The van der Waals surface area contributed by atoms with E-state index in [1.54, 1.807) is 24.3 Å². The fourth-order valence-electron chi connectivity index (χ4n) is 2.21. The third-order valence-electron chi connectivity index (χ3n) is 3.50. The molecule has 0 fully saturated rings. The molecule has 1 amide bonds. The summed E-state index contributed by atoms with van der Waals surface area (Å²) in [6.07, 6.45) is -0.438. The van der Waals surface area contributed by atoms with Crippen LogP contribution in [0.4, 0.5) is 18.9 Å². The number of hydrogen-bond acceptors (Lipinski definition) is 3. The number of hydrogen-bond donors (Lipinski definition) is 1. The van der Waals surface area contributed by atoms with E-state index in [4.69, 9.17) is 11.6 Å². The van der Waals surface area contributed by atoms with Crippen molar-refractivity contribution in [1.82, 2.24) is 9.88 Å². The summed E-state index contributed by atoms with van der Waals surface area (Å²) in [5.74, 6) is -0.396. The minimum absolute atomic E-state index is 0.0595. The minimum atomic E-state index is -4.57. The molecule has 0 spiro atoms. The lowest BCUT2D eigenvalue weighted by Crippen LogP contribution is -2.31. The number of amides is 1. The van der Waals surface area contributed by atoms with Gasteiger partial charge in [0.2, 0.25) is 5.91 Å². The number of carbonyl (C=O) groups excluding carboxylic acids is 1. The van der Waals surface area contributed by atoms with Gasteiger partial charge < -0.3 is 5.32 Å². The number of carbonyl (C=O) groups is 1. The normalized spacial score (nSPS) is 11.6. The molecule has 2 aromatic rings. The first kappa shape index (κ1) is 19.2. The van der Waals surface area contributed by atoms with Crippen LogP contribution in [0, 0.1) is 0 Å². The lowest BCUT2D eigenvalue weighted by Gasteiger charge is -2.17. The molecule has 0 aliphatic heterocycles. The Bertz CT molecular complexity index is 723. The number of rotatable bonds is 6. The summed E-state index contributed by atoms with van der Waals surface area (Å²) < 4.78 is 38.5. The third-order valence-corrected chi connectivity index (χ3v) is 3.83. The summed E-state index contributed by atoms with van der Waals surface area (Å²) in [4.78, 5) is 17.7. The van der Waals surface area contributed by atoms with E-state index in [9.17, 15) is 18.0 Å². The van der Waals surface area contributed by atoms with Crippen molar-refractivity contribution in [3.05, 3.63) is 58.9 Å². The summed E-state index contributed by atoms with van der Waals surface area (Å²) in [7, 11) is 1.77. The minimum Gasteiger partial charge on any atom is -0.325 e. The molecule has 0 saturated heterocycles. The average molecular weight is 372 g/mol. The van der Waals surface area contributed by atoms with Gasteiger partial charge in [-0.05, 0) is 49.4 Å². The number of anilines is 1. The van der Waals surface area contributed by atoms with E-state index in [-0.39, 0.29) is 12.2 Å². The van der Waals surface area contributed by atoms with Crippen LogP contribution in [0.3, 0.4) is 0 Å². The van der Waals surface area contributed by atoms with E-state index in [0.717, 1.165) is 24.1 Å². The molecule has 0 aliphatic carbocycles. The van der Waals surface area contributed by atoms with E-state index in [1.165, 1.54) is 6.07 Å². The van der Waals surface area contributed by atoms with E-state index in [0.29, 0.717) is 6.54 Å². The average Bonchev–Trinajstić information content (AvgIpc) is 2.54. The summed E-state index contributed by atoms with van der Waals surface area (Å²) in [5, 5.41) is 2.06. The van der Waals surface area contributed by atoms with Gasteiger partial charge in [0.1, 0.15) is 0 Å². The fraction of sp³-hybridized carbons (Fsp3) is 0.294. The molecule has 0 radical (unpaired) electrons. The molecule has 0 aliphatic rings. The fourth-order valence-corrected chi connectivity index (χ4v) is 2.44. The first-order valence-electron chi connectivity index (χ1n) is 7.50. The molecule has 1 aromatic heterocycles. The molecular weight excluding hydrogens is 355 g/mol. The predicted octanol–water partition coefficient (Wildman–Crippen LogP) is 3.87. The van der Waals surface area contributed by atoms with Crippen LogP contribution in [0.1, 0.15) is 11.1 Å². The topological polar surface area (TPSA) is 45.2 Å². The highest BCUT2D eigenvalue weighted by atomic mass is 35.5. The zero-order valence-corrected chi connectivity index (χ0v) is 14.2. The maximum atomic E-state index is 12.8. The van der Waals surface area contributed by atoms with Crippen LogP contribution in [0.5, 0.6) is 0 Å². The monoisotopic (exact) mass is 371 g/mol. The van der Waals surface area contributed by atoms with E-state index in [2.05, 4.69) is 10.3 Å². The maximum Gasteiger partial charge on any atom is 0.417 e. The number of alkyl halides is 3. The largest absolute Gasteiger partial charge is 0.417 e. The zero-order valence-electron chi connectivity index (χ0n) is 13.5. The Morgan fingerprint density at radius 1 is 1.24 bits per heavy atom. The van der Waals surface area contributed by atoms with Crippen molar-refractivity contribution in [3.8, 4) is 0 Å². The number of likely N-dealkylation sites (N-methyl/N-ethyl adjacent to an activating group) is 1. The van der Waals surface area contributed by atoms with Crippen LogP contribution >= 0.6 is 11.6 Å². The van der Waals surface area contributed by atoms with Crippen molar-refractivity contribution >= 4 is 23.2 Å². The van der Waals surface area contributed by atoms with Crippen molar-refractivity contribution in [3.63, 3.8) is 0 Å². The third kappa shape index (κ3) is 6.03. The second-order valence-corrected chi connectivity index (χ2v) is 5.99. The van der Waals surface area contributed by atoms with Gasteiger partial charge in [0.25, 0.3) is 0 Å². The van der Waals surface area contributed by atoms with Crippen LogP contribution in [0.25, 0.3) is 0 Å². The molecule has 4 nitrogen and oxygen atoms in total. The quantitative estimate of drug-likeness (QED) is 0.838. The maximum absolute atomic E-state index is 12.8. The Morgan fingerprint density at radius 2 is 1.92 bits per heavy atom. The molecule has 1 aromatic carbocycles. The second kappa shape index (κ2) is 8.31. The number of halogens is 4. The Morgan fingerprint density at radius 3 is 2.56 bits per heavy atom. The van der Waals surface area contributed by atoms with Gasteiger partial charge in [0.05, 0.1) is 17.1 Å². The predicted molar refractivity (Wildman–Crippen MR) is 90.5 cm³/mol. The number of nitrogens with one attached hydrogen (secondary N) is 1. The van der Waals surface area contributed by atoms with Gasteiger partial charge in [-0.3, -0.25) is 14.7 Å². The molecular formula is C17H17ClF3N3O. The highest BCUT2D eigenvalue weighted by molar-refractivity contribution is 6.31. The van der Waals surface area contributed by atoms with E-state index >= 15 is 0 Å². The van der Waals surface area contributed by atoms with E-state index in [1.807, 2.05) is 12.1 Å². The van der Waals surface area contributed by atoms with Gasteiger partial charge in [-0.1, -0.05) is 11.6 Å². The smallest absolute Gasteiger partial charge is 0.325 e. The van der Waals surface area contributed by atoms with Crippen molar-refractivity contribution in [2.24, 2.45) is 0 Å². The van der Waals surface area contributed by atoms with Crippen molar-refractivity contribution in [1.29, 1.82) is 0 Å². The lowest BCUT2D eigenvalue weighted by atomic mass is 10.2. The van der Waals surface area contributed by atoms with Gasteiger partial charge >= 0.3 is 6.18 Å². The molecule has 0 atom stereocenters. The Hall–Kier alpha value is -2.12. The lowest BCUT2D eigenvalue weighted by molar-refractivity contribution is -0.137. The van der Waals surface area contributed by atoms with Crippen LogP contribution in [-0.4, -0.2) is 35.9 Å². The van der Waals surface area contributed by atoms with Crippen molar-refractivity contribution in [2.75, 3.05) is 25.5 Å². The molecule has 25 heavy (non-hydrogen) atoms. The first-order chi connectivity index (χ1) is 11.8. The summed E-state index contributed by atoms with van der Waals surface area (Å²) in [6, 6.07) is 7.07. The molecule has 0 unspecified atom stereocenters. The van der Waals surface area contributed by atoms with Gasteiger partial charge in [-0.15, -0.1) is 0 Å². The number of benzene rings is 1. The Kier molecular flexibility index (Phi) is 6.39. The van der Waals surface area contributed by atoms with E-state index < -0.39 is 22.7 Å². The summed E-state index contributed by atoms with van der Waals surface area (Å²) in [5.41, 5.74) is 0.178. The molecule has 2 rings (SSSR count). The second-order valence-electron chi connectivity index (χ2n) is 5.58. The van der Waals surface area contributed by atoms with Crippen LogP contribution < -0.4 is 5.32 Å². The summed E-state index contributed by atoms with van der Waals surface area (Å²) in [6.45, 7) is 0.695. The summed E-state index contributed by atoms with van der Waals surface area (Å²) >= 11 is 5.56. The highest BCUT2D eigenvalue weighted by Gasteiger charge is 2.33. The molecule has 1 N–H and O–H groups in total. The van der Waals surface area contributed by atoms with Crippen LogP contribution in [0.15, 0.2) is 42.7 Å². The van der Waals surface area contributed by atoms with Crippen molar-refractivity contribution in [2.45, 2.75) is 12.6 Å². The molecule has 134 valence electrons. The molecule has 1 heterocycles. The number of aromatic nitrogens is 1. The Balaban J connectivity index is 1.89. The van der Waals surface area contributed by atoms with Crippen LogP contribution in [0.2, 0.25) is 5.02 Å². The number of nitrogens with zero attached hydrogens (tertiary/aromatic N) is 2. The van der Waals surface area contributed by atoms with Crippen molar-refractivity contribution < 1.29 is 18.0 Å². The molecule has 0 bridgehead atoms. The van der Waals surface area contributed by atoms with Crippen LogP contribution in [-0.2, 0) is 17.4 Å². The first-order valence-corrected chi connectivity index (χ1v) is 7.87. The highest BCUT2D eigenvalue weighted by Crippen LogP contribution is 2.36.